The maximum Gasteiger partial charge on any atom is 0.224 e. The number of hydrogen-bond acceptors (Lipinski definition) is 1. The monoisotopic (exact) mass is 315 g/mol. The molecule has 1 aromatic rings. The van der Waals surface area contributed by atoms with Crippen LogP contribution in [0.4, 0.5) is 0 Å². The van der Waals surface area contributed by atoms with Gasteiger partial charge in [0.2, 0.25) is 5.91 Å². The normalized spacial score (nSPS) is 21.9. The van der Waals surface area contributed by atoms with Crippen LogP contribution in [0.2, 0.25) is 10.0 Å². The van der Waals surface area contributed by atoms with Crippen LogP contribution >= 0.6 is 23.2 Å². The summed E-state index contributed by atoms with van der Waals surface area (Å²) in [5, 5.41) is 4.05. The molecule has 1 heterocycles. The number of rotatable bonds is 5. The molecule has 1 saturated heterocycles. The first kappa shape index (κ1) is 15.6. The van der Waals surface area contributed by atoms with Crippen LogP contribution in [0.25, 0.3) is 0 Å². The van der Waals surface area contributed by atoms with Crippen LogP contribution in [0.5, 0.6) is 0 Å². The van der Waals surface area contributed by atoms with Crippen molar-refractivity contribution in [3.05, 3.63) is 33.8 Å². The summed E-state index contributed by atoms with van der Waals surface area (Å²) < 4.78 is 0. The molecular formula is C15H21Cl2N2O+. The Morgan fingerprint density at radius 2 is 2.20 bits per heavy atom. The Labute approximate surface area is 130 Å². The van der Waals surface area contributed by atoms with Crippen molar-refractivity contribution >= 4 is 29.1 Å². The predicted molar refractivity (Wildman–Crippen MR) is 82.6 cm³/mol. The zero-order valence-electron chi connectivity index (χ0n) is 11.7. The third-order valence-electron chi connectivity index (χ3n) is 3.98. The molecule has 0 radical (unpaired) electrons. The molecule has 0 aromatic heterocycles. The maximum absolute atomic E-state index is 12.0. The highest BCUT2D eigenvalue weighted by Crippen LogP contribution is 2.22. The van der Waals surface area contributed by atoms with Gasteiger partial charge in [0.15, 0.2) is 0 Å². The van der Waals surface area contributed by atoms with Crippen molar-refractivity contribution in [1.82, 2.24) is 5.32 Å². The number of nitrogens with one attached hydrogen (secondary N) is 2. The molecule has 2 N–H and O–H groups in total. The summed E-state index contributed by atoms with van der Waals surface area (Å²) in [5.74, 6) is 0.0470. The molecule has 1 aromatic carbocycles. The second kappa shape index (κ2) is 7.30. The van der Waals surface area contributed by atoms with E-state index in [4.69, 9.17) is 23.2 Å². The zero-order chi connectivity index (χ0) is 14.5. The van der Waals surface area contributed by atoms with Crippen LogP contribution in [0.1, 0.15) is 25.3 Å². The van der Waals surface area contributed by atoms with E-state index in [-0.39, 0.29) is 5.91 Å². The van der Waals surface area contributed by atoms with E-state index >= 15 is 0 Å². The summed E-state index contributed by atoms with van der Waals surface area (Å²) in [6.45, 7) is 5.33. The highest BCUT2D eigenvalue weighted by atomic mass is 35.5. The van der Waals surface area contributed by atoms with Crippen LogP contribution in [-0.2, 0) is 11.2 Å². The second-order valence-corrected chi connectivity index (χ2v) is 6.14. The van der Waals surface area contributed by atoms with Crippen molar-refractivity contribution < 1.29 is 9.69 Å². The van der Waals surface area contributed by atoms with Gasteiger partial charge in [-0.15, -0.1) is 0 Å². The SMILES string of the molecule is CC[NH+]1CCC[C@H]1CNC(=O)Cc1ccc(Cl)c(Cl)c1. The van der Waals surface area contributed by atoms with E-state index in [9.17, 15) is 4.79 Å². The average molecular weight is 316 g/mol. The molecule has 0 bridgehead atoms. The first-order chi connectivity index (χ1) is 9.60. The number of likely N-dealkylation sites (N-methyl/N-ethyl adjacent to an activating group) is 1. The average Bonchev–Trinajstić information content (AvgIpc) is 2.88. The zero-order valence-corrected chi connectivity index (χ0v) is 13.2. The van der Waals surface area contributed by atoms with Crippen molar-refractivity contribution in [2.24, 2.45) is 0 Å². The Kier molecular flexibility index (Phi) is 5.70. The highest BCUT2D eigenvalue weighted by Gasteiger charge is 2.26. The Morgan fingerprint density at radius 1 is 1.40 bits per heavy atom. The summed E-state index contributed by atoms with van der Waals surface area (Å²) >= 11 is 11.8. The number of halogens is 2. The van der Waals surface area contributed by atoms with E-state index in [1.165, 1.54) is 19.4 Å². The van der Waals surface area contributed by atoms with Crippen LogP contribution < -0.4 is 10.2 Å². The Balaban J connectivity index is 1.81. The number of quaternary nitrogens is 1. The van der Waals surface area contributed by atoms with Crippen LogP contribution in [-0.4, -0.2) is 31.6 Å². The fraction of sp³-hybridized carbons (Fsp3) is 0.533. The van der Waals surface area contributed by atoms with Gasteiger partial charge in [-0.2, -0.15) is 0 Å². The smallest absolute Gasteiger partial charge is 0.224 e. The topological polar surface area (TPSA) is 33.5 Å². The Morgan fingerprint density at radius 3 is 2.90 bits per heavy atom. The van der Waals surface area contributed by atoms with Crippen molar-refractivity contribution in [3.8, 4) is 0 Å². The lowest BCUT2D eigenvalue weighted by Gasteiger charge is -2.20. The molecule has 3 nitrogen and oxygen atoms in total. The van der Waals surface area contributed by atoms with Gasteiger partial charge in [0.25, 0.3) is 0 Å². The van der Waals surface area contributed by atoms with Crippen molar-refractivity contribution in [2.45, 2.75) is 32.2 Å². The van der Waals surface area contributed by atoms with Crippen molar-refractivity contribution in [3.63, 3.8) is 0 Å². The minimum absolute atomic E-state index is 0.0470. The van der Waals surface area contributed by atoms with E-state index in [1.54, 1.807) is 17.0 Å². The van der Waals surface area contributed by atoms with Gasteiger partial charge in [-0.1, -0.05) is 29.3 Å². The molecule has 20 heavy (non-hydrogen) atoms. The first-order valence-corrected chi connectivity index (χ1v) is 7.91. The van der Waals surface area contributed by atoms with Gasteiger partial charge in [0.1, 0.15) is 6.04 Å². The molecule has 1 amide bonds. The lowest BCUT2D eigenvalue weighted by atomic mass is 10.1. The predicted octanol–water partition coefficient (Wildman–Crippen LogP) is 1.72. The molecular weight excluding hydrogens is 295 g/mol. The summed E-state index contributed by atoms with van der Waals surface area (Å²) in [6.07, 6.45) is 2.82. The van der Waals surface area contributed by atoms with Crippen molar-refractivity contribution in [2.75, 3.05) is 19.6 Å². The molecule has 5 heteroatoms. The number of likely N-dealkylation sites (tertiary alicyclic amines) is 1. The molecule has 110 valence electrons. The lowest BCUT2D eigenvalue weighted by Crippen LogP contribution is -3.14. The van der Waals surface area contributed by atoms with Crippen LogP contribution in [0.3, 0.4) is 0 Å². The number of hydrogen-bond donors (Lipinski definition) is 2. The molecule has 1 aliphatic heterocycles. The van der Waals surface area contributed by atoms with Gasteiger partial charge >= 0.3 is 0 Å². The minimum Gasteiger partial charge on any atom is -0.350 e. The molecule has 1 fully saturated rings. The van der Waals surface area contributed by atoms with Gasteiger partial charge in [0.05, 0.1) is 36.1 Å². The fourth-order valence-corrected chi connectivity index (χ4v) is 3.15. The van der Waals surface area contributed by atoms with Gasteiger partial charge in [-0.25, -0.2) is 0 Å². The molecule has 2 rings (SSSR count). The van der Waals surface area contributed by atoms with Gasteiger partial charge < -0.3 is 10.2 Å². The van der Waals surface area contributed by atoms with E-state index in [0.717, 1.165) is 18.7 Å². The fourth-order valence-electron chi connectivity index (χ4n) is 2.83. The molecule has 0 aliphatic carbocycles. The lowest BCUT2D eigenvalue weighted by molar-refractivity contribution is -0.909. The number of amides is 1. The summed E-state index contributed by atoms with van der Waals surface area (Å²) in [4.78, 5) is 13.6. The molecule has 1 aliphatic rings. The van der Waals surface area contributed by atoms with E-state index in [1.807, 2.05) is 6.07 Å². The summed E-state index contributed by atoms with van der Waals surface area (Å²) in [5.41, 5.74) is 0.892. The standard InChI is InChI=1S/C15H20Cl2N2O/c1-2-19-7-3-4-12(19)10-18-15(20)9-11-5-6-13(16)14(17)8-11/h5-6,8,12H,2-4,7,9-10H2,1H3,(H,18,20)/p+1/t12-/m0/s1. The van der Waals surface area contributed by atoms with Gasteiger partial charge in [0, 0.05) is 12.8 Å². The number of carbonyl (C=O) groups is 1. The van der Waals surface area contributed by atoms with Crippen molar-refractivity contribution in [1.29, 1.82) is 0 Å². The maximum atomic E-state index is 12.0. The first-order valence-electron chi connectivity index (χ1n) is 7.15. The molecule has 2 atom stereocenters. The van der Waals surface area contributed by atoms with Crippen LogP contribution in [0, 0.1) is 0 Å². The van der Waals surface area contributed by atoms with E-state index < -0.39 is 0 Å². The number of carbonyl (C=O) groups excluding carboxylic acids is 1. The molecule has 0 saturated carbocycles. The second-order valence-electron chi connectivity index (χ2n) is 5.33. The minimum atomic E-state index is 0.0470. The summed E-state index contributed by atoms with van der Waals surface area (Å²) in [6, 6.07) is 5.89. The molecule has 0 spiro atoms. The van der Waals surface area contributed by atoms with Gasteiger partial charge in [-0.05, 0) is 24.6 Å². The third-order valence-corrected chi connectivity index (χ3v) is 4.72. The Bertz CT molecular complexity index is 479. The van der Waals surface area contributed by atoms with E-state index in [2.05, 4.69) is 12.2 Å². The van der Waals surface area contributed by atoms with E-state index in [0.29, 0.717) is 22.5 Å². The quantitative estimate of drug-likeness (QED) is 0.852. The van der Waals surface area contributed by atoms with Crippen LogP contribution in [0.15, 0.2) is 18.2 Å². The number of benzene rings is 1. The van der Waals surface area contributed by atoms with Gasteiger partial charge in [-0.3, -0.25) is 4.79 Å². The Hall–Kier alpha value is -0.770. The summed E-state index contributed by atoms with van der Waals surface area (Å²) in [7, 11) is 0. The third kappa shape index (κ3) is 4.11. The molecule has 1 unspecified atom stereocenters. The largest absolute Gasteiger partial charge is 0.350 e. The highest BCUT2D eigenvalue weighted by molar-refractivity contribution is 6.42.